The van der Waals surface area contributed by atoms with Gasteiger partial charge in [-0.05, 0) is 37.6 Å². The van der Waals surface area contributed by atoms with Gasteiger partial charge in [0.05, 0.1) is 5.56 Å². The summed E-state index contributed by atoms with van der Waals surface area (Å²) in [5.41, 5.74) is 0.417. The Labute approximate surface area is 117 Å². The molecule has 1 aromatic carbocycles. The normalized spacial score (nSPS) is 11.5. The van der Waals surface area contributed by atoms with Crippen LogP contribution in [0.4, 0.5) is 0 Å². The molecule has 108 valence electrons. The molecule has 0 radical (unpaired) electrons. The van der Waals surface area contributed by atoms with E-state index in [4.69, 9.17) is 5.11 Å². The average molecular weight is 278 g/mol. The molecule has 0 fully saturated rings. The van der Waals surface area contributed by atoms with Gasteiger partial charge in [0.2, 0.25) is 5.91 Å². The van der Waals surface area contributed by atoms with Crippen molar-refractivity contribution < 1.29 is 19.5 Å². The van der Waals surface area contributed by atoms with Crippen molar-refractivity contribution in [2.75, 3.05) is 6.54 Å². The zero-order valence-electron chi connectivity index (χ0n) is 11.5. The van der Waals surface area contributed by atoms with E-state index in [-0.39, 0.29) is 11.5 Å². The van der Waals surface area contributed by atoms with Crippen molar-refractivity contribution >= 4 is 17.8 Å². The molecule has 0 heterocycles. The Hall–Kier alpha value is -2.37. The third kappa shape index (κ3) is 4.38. The summed E-state index contributed by atoms with van der Waals surface area (Å²) in [6.45, 7) is 4.09. The van der Waals surface area contributed by atoms with E-state index < -0.39 is 17.9 Å². The number of benzene rings is 1. The van der Waals surface area contributed by atoms with Gasteiger partial charge in [0.1, 0.15) is 6.04 Å². The summed E-state index contributed by atoms with van der Waals surface area (Å²) in [4.78, 5) is 34.2. The fourth-order valence-corrected chi connectivity index (χ4v) is 1.51. The molecule has 0 bridgehead atoms. The van der Waals surface area contributed by atoms with Gasteiger partial charge < -0.3 is 15.7 Å². The van der Waals surface area contributed by atoms with E-state index in [9.17, 15) is 14.4 Å². The number of rotatable bonds is 6. The molecule has 6 heteroatoms. The Morgan fingerprint density at radius 2 is 1.70 bits per heavy atom. The van der Waals surface area contributed by atoms with Crippen LogP contribution in [0.1, 0.15) is 41.0 Å². The van der Waals surface area contributed by atoms with Crippen LogP contribution in [-0.2, 0) is 4.79 Å². The van der Waals surface area contributed by atoms with E-state index in [0.29, 0.717) is 12.1 Å². The molecule has 3 N–H and O–H groups in total. The maximum absolute atomic E-state index is 11.9. The van der Waals surface area contributed by atoms with E-state index in [0.717, 1.165) is 6.42 Å². The van der Waals surface area contributed by atoms with Gasteiger partial charge in [-0.3, -0.25) is 9.59 Å². The number of carbonyl (C=O) groups excluding carboxylic acids is 2. The Morgan fingerprint density at radius 1 is 1.15 bits per heavy atom. The summed E-state index contributed by atoms with van der Waals surface area (Å²) in [6, 6.07) is 4.87. The molecule has 1 atom stereocenters. The minimum Gasteiger partial charge on any atom is -0.478 e. The number of hydrogen-bond acceptors (Lipinski definition) is 3. The van der Waals surface area contributed by atoms with Gasteiger partial charge >= 0.3 is 5.97 Å². The van der Waals surface area contributed by atoms with E-state index in [1.165, 1.54) is 24.3 Å². The lowest BCUT2D eigenvalue weighted by molar-refractivity contribution is -0.122. The first-order valence-electron chi connectivity index (χ1n) is 6.37. The maximum Gasteiger partial charge on any atom is 0.335 e. The van der Waals surface area contributed by atoms with Crippen molar-refractivity contribution in [1.29, 1.82) is 0 Å². The Balaban J connectivity index is 2.62. The average Bonchev–Trinajstić information content (AvgIpc) is 2.44. The summed E-state index contributed by atoms with van der Waals surface area (Å²) < 4.78 is 0. The van der Waals surface area contributed by atoms with E-state index in [1.54, 1.807) is 6.92 Å². The van der Waals surface area contributed by atoms with Crippen molar-refractivity contribution in [3.63, 3.8) is 0 Å². The number of carboxylic acid groups (broad SMARTS) is 1. The Kier molecular flexibility index (Phi) is 5.71. The van der Waals surface area contributed by atoms with Crippen LogP contribution < -0.4 is 10.6 Å². The zero-order chi connectivity index (χ0) is 15.1. The van der Waals surface area contributed by atoms with Gasteiger partial charge in [-0.1, -0.05) is 6.92 Å². The summed E-state index contributed by atoms with van der Waals surface area (Å²) >= 11 is 0. The highest BCUT2D eigenvalue weighted by molar-refractivity contribution is 5.98. The van der Waals surface area contributed by atoms with E-state index in [2.05, 4.69) is 10.6 Å². The van der Waals surface area contributed by atoms with E-state index >= 15 is 0 Å². The molecule has 0 aliphatic heterocycles. The minimum atomic E-state index is -1.05. The molecule has 1 unspecified atom stereocenters. The predicted octanol–water partition coefficient (Wildman–Crippen LogP) is 1.03. The fourth-order valence-electron chi connectivity index (χ4n) is 1.51. The second kappa shape index (κ2) is 7.28. The van der Waals surface area contributed by atoms with Crippen LogP contribution in [0.2, 0.25) is 0 Å². The molecule has 20 heavy (non-hydrogen) atoms. The van der Waals surface area contributed by atoms with Crippen molar-refractivity contribution in [2.45, 2.75) is 26.3 Å². The molecule has 0 aliphatic rings. The molecule has 0 saturated carbocycles. The van der Waals surface area contributed by atoms with Crippen LogP contribution >= 0.6 is 0 Å². The van der Waals surface area contributed by atoms with Crippen LogP contribution in [0.15, 0.2) is 24.3 Å². The first kappa shape index (κ1) is 15.7. The van der Waals surface area contributed by atoms with Crippen LogP contribution in [0.5, 0.6) is 0 Å². The second-order valence-electron chi connectivity index (χ2n) is 4.37. The summed E-state index contributed by atoms with van der Waals surface area (Å²) in [6.07, 6.45) is 0.822. The van der Waals surface area contributed by atoms with Crippen molar-refractivity contribution in [3.05, 3.63) is 35.4 Å². The third-order valence-corrected chi connectivity index (χ3v) is 2.68. The van der Waals surface area contributed by atoms with Gasteiger partial charge in [-0.15, -0.1) is 0 Å². The molecule has 1 aromatic rings. The van der Waals surface area contributed by atoms with Gasteiger partial charge in [0, 0.05) is 12.1 Å². The molecule has 6 nitrogen and oxygen atoms in total. The Bertz CT molecular complexity index is 496. The van der Waals surface area contributed by atoms with Crippen LogP contribution in [-0.4, -0.2) is 35.5 Å². The second-order valence-corrected chi connectivity index (χ2v) is 4.37. The minimum absolute atomic E-state index is 0.107. The zero-order valence-corrected chi connectivity index (χ0v) is 11.5. The van der Waals surface area contributed by atoms with E-state index in [1.807, 2.05) is 6.92 Å². The lowest BCUT2D eigenvalue weighted by atomic mass is 10.1. The smallest absolute Gasteiger partial charge is 0.335 e. The highest BCUT2D eigenvalue weighted by Crippen LogP contribution is 2.04. The first-order chi connectivity index (χ1) is 9.45. The summed E-state index contributed by atoms with van der Waals surface area (Å²) in [5, 5.41) is 14.0. The fraction of sp³-hybridized carbons (Fsp3) is 0.357. The van der Waals surface area contributed by atoms with Crippen molar-refractivity contribution in [2.24, 2.45) is 0 Å². The largest absolute Gasteiger partial charge is 0.478 e. The predicted molar refractivity (Wildman–Crippen MR) is 73.6 cm³/mol. The topological polar surface area (TPSA) is 95.5 Å². The molecular weight excluding hydrogens is 260 g/mol. The van der Waals surface area contributed by atoms with Crippen LogP contribution in [0.3, 0.4) is 0 Å². The van der Waals surface area contributed by atoms with Gasteiger partial charge in [0.25, 0.3) is 5.91 Å². The standard InChI is InChI=1S/C14H18N2O4/c1-3-8-15-12(17)9(2)16-13(18)10-4-6-11(7-5-10)14(19)20/h4-7,9H,3,8H2,1-2H3,(H,15,17)(H,16,18)(H,19,20). The lowest BCUT2D eigenvalue weighted by Gasteiger charge is -2.13. The number of aromatic carboxylic acids is 1. The van der Waals surface area contributed by atoms with Gasteiger partial charge in [0.15, 0.2) is 0 Å². The first-order valence-corrected chi connectivity index (χ1v) is 6.37. The summed E-state index contributed by atoms with van der Waals surface area (Å²) in [5.74, 6) is -1.72. The van der Waals surface area contributed by atoms with Gasteiger partial charge in [-0.25, -0.2) is 4.79 Å². The molecule has 0 aliphatic carbocycles. The van der Waals surface area contributed by atoms with Crippen LogP contribution in [0, 0.1) is 0 Å². The molecular formula is C14H18N2O4. The SMILES string of the molecule is CCCNC(=O)C(C)NC(=O)c1ccc(C(=O)O)cc1. The highest BCUT2D eigenvalue weighted by Gasteiger charge is 2.16. The molecule has 0 spiro atoms. The Morgan fingerprint density at radius 3 is 2.20 bits per heavy atom. The number of amides is 2. The molecule has 0 saturated heterocycles. The maximum atomic E-state index is 11.9. The quantitative estimate of drug-likeness (QED) is 0.724. The van der Waals surface area contributed by atoms with Crippen LogP contribution in [0.25, 0.3) is 0 Å². The molecule has 0 aromatic heterocycles. The number of hydrogen-bond donors (Lipinski definition) is 3. The highest BCUT2D eigenvalue weighted by atomic mass is 16.4. The number of carboxylic acids is 1. The lowest BCUT2D eigenvalue weighted by Crippen LogP contribution is -2.45. The molecule has 2 amide bonds. The van der Waals surface area contributed by atoms with Gasteiger partial charge in [-0.2, -0.15) is 0 Å². The van der Waals surface area contributed by atoms with Crippen molar-refractivity contribution in [3.8, 4) is 0 Å². The van der Waals surface area contributed by atoms with Crippen molar-refractivity contribution in [1.82, 2.24) is 10.6 Å². The number of carbonyl (C=O) groups is 3. The summed E-state index contributed by atoms with van der Waals surface area (Å²) in [7, 11) is 0. The third-order valence-electron chi connectivity index (χ3n) is 2.68. The monoisotopic (exact) mass is 278 g/mol. The molecule has 1 rings (SSSR count). The number of nitrogens with one attached hydrogen (secondary N) is 2.